The fourth-order valence-corrected chi connectivity index (χ4v) is 4.67. The first-order valence-electron chi connectivity index (χ1n) is 9.62. The lowest BCUT2D eigenvalue weighted by molar-refractivity contribution is -0.115. The Morgan fingerprint density at radius 3 is 2.27 bits per heavy atom. The van der Waals surface area contributed by atoms with Crippen molar-refractivity contribution < 1.29 is 4.79 Å². The maximum Gasteiger partial charge on any atom is 0.230 e. The van der Waals surface area contributed by atoms with Gasteiger partial charge in [-0.3, -0.25) is 4.79 Å². The molecule has 6 heteroatoms. The van der Waals surface area contributed by atoms with E-state index < -0.39 is 0 Å². The lowest BCUT2D eigenvalue weighted by Gasteiger charge is -2.04. The van der Waals surface area contributed by atoms with Crippen LogP contribution >= 0.6 is 23.1 Å². The van der Waals surface area contributed by atoms with Gasteiger partial charge in [0.1, 0.15) is 0 Å². The molecule has 0 spiro atoms. The highest BCUT2D eigenvalue weighted by atomic mass is 32.2. The standard InChI is InChI=1S/C24H21N3OS2/c1-17-7-9-19(10-8-17)16-29-24-27-26-23(30-24)25-22(28)15-18-11-13-21(14-12-18)20-5-3-2-4-6-20/h2-14H,15-16H2,1H3,(H,25,26,28). The molecule has 0 fully saturated rings. The molecule has 150 valence electrons. The summed E-state index contributed by atoms with van der Waals surface area (Å²) in [4.78, 5) is 12.4. The number of hydrogen-bond donors (Lipinski definition) is 1. The molecule has 1 amide bonds. The van der Waals surface area contributed by atoms with E-state index in [9.17, 15) is 4.79 Å². The molecule has 0 saturated heterocycles. The van der Waals surface area contributed by atoms with Crippen LogP contribution in [0.4, 0.5) is 5.13 Å². The largest absolute Gasteiger partial charge is 0.300 e. The molecular formula is C24H21N3OS2. The zero-order valence-corrected chi connectivity index (χ0v) is 18.2. The molecule has 0 aliphatic heterocycles. The highest BCUT2D eigenvalue weighted by molar-refractivity contribution is 8.00. The van der Waals surface area contributed by atoms with Gasteiger partial charge in [0, 0.05) is 5.75 Å². The second kappa shape index (κ2) is 9.69. The van der Waals surface area contributed by atoms with E-state index in [1.165, 1.54) is 22.5 Å². The number of hydrogen-bond acceptors (Lipinski definition) is 5. The zero-order chi connectivity index (χ0) is 20.8. The van der Waals surface area contributed by atoms with Gasteiger partial charge in [0.05, 0.1) is 6.42 Å². The maximum atomic E-state index is 12.4. The first-order chi connectivity index (χ1) is 14.7. The summed E-state index contributed by atoms with van der Waals surface area (Å²) in [6, 6.07) is 26.7. The molecule has 4 nitrogen and oxygen atoms in total. The molecule has 4 rings (SSSR count). The molecule has 0 saturated carbocycles. The molecule has 0 unspecified atom stereocenters. The van der Waals surface area contributed by atoms with Gasteiger partial charge in [0.15, 0.2) is 4.34 Å². The molecule has 0 radical (unpaired) electrons. The topological polar surface area (TPSA) is 54.9 Å². The van der Waals surface area contributed by atoms with Gasteiger partial charge in [-0.1, -0.05) is 108 Å². The minimum Gasteiger partial charge on any atom is -0.300 e. The Labute approximate surface area is 184 Å². The van der Waals surface area contributed by atoms with Crippen molar-refractivity contribution in [1.82, 2.24) is 10.2 Å². The van der Waals surface area contributed by atoms with Crippen LogP contribution in [0.3, 0.4) is 0 Å². The summed E-state index contributed by atoms with van der Waals surface area (Å²) in [5.74, 6) is 0.741. The number of benzene rings is 3. The van der Waals surface area contributed by atoms with Crippen molar-refractivity contribution in [2.24, 2.45) is 0 Å². The number of aryl methyl sites for hydroxylation is 1. The van der Waals surface area contributed by atoms with Crippen LogP contribution in [0.5, 0.6) is 0 Å². The van der Waals surface area contributed by atoms with E-state index in [-0.39, 0.29) is 5.91 Å². The van der Waals surface area contributed by atoms with Crippen LogP contribution in [0.2, 0.25) is 0 Å². The van der Waals surface area contributed by atoms with Crippen molar-refractivity contribution in [3.8, 4) is 11.1 Å². The van der Waals surface area contributed by atoms with Gasteiger partial charge in [-0.25, -0.2) is 0 Å². The number of amides is 1. The smallest absolute Gasteiger partial charge is 0.230 e. The Kier molecular flexibility index (Phi) is 6.57. The summed E-state index contributed by atoms with van der Waals surface area (Å²) in [6.45, 7) is 2.08. The molecule has 1 heterocycles. The number of aromatic nitrogens is 2. The van der Waals surface area contributed by atoms with Crippen LogP contribution in [0.15, 0.2) is 83.2 Å². The normalized spacial score (nSPS) is 10.7. The SMILES string of the molecule is Cc1ccc(CSc2nnc(NC(=O)Cc3ccc(-c4ccccc4)cc3)s2)cc1. The van der Waals surface area contributed by atoms with E-state index in [4.69, 9.17) is 0 Å². The molecular weight excluding hydrogens is 410 g/mol. The van der Waals surface area contributed by atoms with Crippen LogP contribution in [0, 0.1) is 6.92 Å². The van der Waals surface area contributed by atoms with Gasteiger partial charge in [0.25, 0.3) is 0 Å². The molecule has 3 aromatic carbocycles. The van der Waals surface area contributed by atoms with Crippen molar-refractivity contribution in [1.29, 1.82) is 0 Å². The van der Waals surface area contributed by atoms with Gasteiger partial charge in [-0.2, -0.15) is 0 Å². The Morgan fingerprint density at radius 2 is 1.53 bits per heavy atom. The zero-order valence-electron chi connectivity index (χ0n) is 16.5. The molecule has 30 heavy (non-hydrogen) atoms. The van der Waals surface area contributed by atoms with Crippen LogP contribution in [-0.4, -0.2) is 16.1 Å². The van der Waals surface area contributed by atoms with E-state index in [2.05, 4.69) is 58.8 Å². The van der Waals surface area contributed by atoms with E-state index in [1.807, 2.05) is 42.5 Å². The van der Waals surface area contributed by atoms with Gasteiger partial charge in [-0.15, -0.1) is 10.2 Å². The third kappa shape index (κ3) is 5.55. The van der Waals surface area contributed by atoms with Crippen molar-refractivity contribution in [3.63, 3.8) is 0 Å². The second-order valence-corrected chi connectivity index (χ2v) is 9.14. The number of carbonyl (C=O) groups excluding carboxylic acids is 1. The minimum atomic E-state index is -0.0892. The summed E-state index contributed by atoms with van der Waals surface area (Å²) in [7, 11) is 0. The van der Waals surface area contributed by atoms with E-state index in [0.717, 1.165) is 26.8 Å². The summed E-state index contributed by atoms with van der Waals surface area (Å²) < 4.78 is 0.845. The van der Waals surface area contributed by atoms with Crippen LogP contribution in [0.1, 0.15) is 16.7 Å². The van der Waals surface area contributed by atoms with Crippen molar-refractivity contribution in [2.45, 2.75) is 23.4 Å². The van der Waals surface area contributed by atoms with Crippen LogP contribution < -0.4 is 5.32 Å². The van der Waals surface area contributed by atoms with Crippen LogP contribution in [-0.2, 0) is 17.0 Å². The van der Waals surface area contributed by atoms with Gasteiger partial charge in [0.2, 0.25) is 11.0 Å². The molecule has 1 aromatic heterocycles. The predicted molar refractivity (Wildman–Crippen MR) is 125 cm³/mol. The van der Waals surface area contributed by atoms with E-state index in [1.54, 1.807) is 11.8 Å². The monoisotopic (exact) mass is 431 g/mol. The second-order valence-electron chi connectivity index (χ2n) is 6.94. The van der Waals surface area contributed by atoms with E-state index in [0.29, 0.717) is 11.6 Å². The number of rotatable bonds is 7. The third-order valence-corrected chi connectivity index (χ3v) is 6.60. The first kappa shape index (κ1) is 20.3. The quantitative estimate of drug-likeness (QED) is 0.289. The maximum absolute atomic E-state index is 12.4. The number of anilines is 1. The summed E-state index contributed by atoms with van der Waals surface area (Å²) in [5, 5.41) is 11.7. The molecule has 0 aliphatic carbocycles. The Hall–Kier alpha value is -2.96. The summed E-state index contributed by atoms with van der Waals surface area (Å²) in [5.41, 5.74) is 5.76. The van der Waals surface area contributed by atoms with Gasteiger partial charge < -0.3 is 5.32 Å². The Morgan fingerprint density at radius 1 is 0.867 bits per heavy atom. The van der Waals surface area contributed by atoms with Crippen LogP contribution in [0.25, 0.3) is 11.1 Å². The third-order valence-electron chi connectivity index (χ3n) is 4.56. The lowest BCUT2D eigenvalue weighted by atomic mass is 10.0. The number of carbonyl (C=O) groups is 1. The molecule has 0 bridgehead atoms. The summed E-state index contributed by atoms with van der Waals surface area (Å²) in [6.07, 6.45) is 0.306. The highest BCUT2D eigenvalue weighted by Gasteiger charge is 2.10. The number of nitrogens with one attached hydrogen (secondary N) is 1. The van der Waals surface area contributed by atoms with Gasteiger partial charge in [-0.05, 0) is 29.2 Å². The molecule has 4 aromatic rings. The Bertz CT molecular complexity index is 1110. The average molecular weight is 432 g/mol. The number of thioether (sulfide) groups is 1. The van der Waals surface area contributed by atoms with E-state index >= 15 is 0 Å². The van der Waals surface area contributed by atoms with Crippen molar-refractivity contribution >= 4 is 34.1 Å². The first-order valence-corrected chi connectivity index (χ1v) is 11.4. The fourth-order valence-electron chi connectivity index (χ4n) is 2.94. The van der Waals surface area contributed by atoms with Crippen molar-refractivity contribution in [2.75, 3.05) is 5.32 Å². The molecule has 0 aliphatic rings. The Balaban J connectivity index is 1.29. The predicted octanol–water partition coefficient (Wildman–Crippen LogP) is 5.99. The average Bonchev–Trinajstić information content (AvgIpc) is 3.21. The lowest BCUT2D eigenvalue weighted by Crippen LogP contribution is -2.14. The number of nitrogens with zero attached hydrogens (tertiary/aromatic N) is 2. The minimum absolute atomic E-state index is 0.0892. The summed E-state index contributed by atoms with van der Waals surface area (Å²) >= 11 is 3.03. The molecule has 1 N–H and O–H groups in total. The highest BCUT2D eigenvalue weighted by Crippen LogP contribution is 2.28. The van der Waals surface area contributed by atoms with Gasteiger partial charge >= 0.3 is 0 Å². The van der Waals surface area contributed by atoms with Crippen molar-refractivity contribution in [3.05, 3.63) is 95.6 Å². The fraction of sp³-hybridized carbons (Fsp3) is 0.125. The molecule has 0 atom stereocenters.